The van der Waals surface area contributed by atoms with Crippen molar-refractivity contribution in [2.45, 2.75) is 13.5 Å². The van der Waals surface area contributed by atoms with E-state index in [9.17, 15) is 9.59 Å². The molecule has 0 fully saturated rings. The normalized spacial score (nSPS) is 10.4. The van der Waals surface area contributed by atoms with E-state index in [1.165, 1.54) is 6.08 Å². The van der Waals surface area contributed by atoms with Crippen molar-refractivity contribution in [1.29, 1.82) is 0 Å². The van der Waals surface area contributed by atoms with Crippen molar-refractivity contribution in [3.8, 4) is 11.5 Å². The van der Waals surface area contributed by atoms with E-state index in [0.29, 0.717) is 24.7 Å². The van der Waals surface area contributed by atoms with E-state index in [1.807, 2.05) is 37.3 Å². The first-order chi connectivity index (χ1) is 13.1. The predicted octanol–water partition coefficient (Wildman–Crippen LogP) is 2.97. The lowest BCUT2D eigenvalue weighted by Crippen LogP contribution is -2.28. The predicted molar refractivity (Wildman–Crippen MR) is 102 cm³/mol. The van der Waals surface area contributed by atoms with Gasteiger partial charge in [-0.2, -0.15) is 0 Å². The summed E-state index contributed by atoms with van der Waals surface area (Å²) in [7, 11) is 1.55. The highest BCUT2D eigenvalue weighted by Gasteiger charge is 2.06. The first kappa shape index (κ1) is 20.0. The van der Waals surface area contributed by atoms with Gasteiger partial charge in [0.05, 0.1) is 13.7 Å². The van der Waals surface area contributed by atoms with Crippen molar-refractivity contribution < 1.29 is 23.8 Å². The van der Waals surface area contributed by atoms with E-state index in [-0.39, 0.29) is 12.5 Å². The molecule has 2 aromatic rings. The number of nitrogens with one attached hydrogen (secondary N) is 1. The molecule has 0 bridgehead atoms. The Morgan fingerprint density at radius 3 is 2.56 bits per heavy atom. The largest absolute Gasteiger partial charge is 0.493 e. The van der Waals surface area contributed by atoms with Crippen LogP contribution in [0.5, 0.6) is 11.5 Å². The molecule has 1 N–H and O–H groups in total. The van der Waals surface area contributed by atoms with Gasteiger partial charge in [-0.25, -0.2) is 4.79 Å². The third kappa shape index (κ3) is 6.86. The summed E-state index contributed by atoms with van der Waals surface area (Å²) in [6.07, 6.45) is 2.85. The molecule has 0 atom stereocenters. The van der Waals surface area contributed by atoms with E-state index in [4.69, 9.17) is 14.2 Å². The number of hydrogen-bond donors (Lipinski definition) is 1. The first-order valence-electron chi connectivity index (χ1n) is 8.58. The van der Waals surface area contributed by atoms with Gasteiger partial charge in [0.25, 0.3) is 5.91 Å². The Labute approximate surface area is 158 Å². The molecule has 1 amide bonds. The maximum Gasteiger partial charge on any atom is 0.331 e. The summed E-state index contributed by atoms with van der Waals surface area (Å²) in [5.41, 5.74) is 1.72. The SMILES string of the molecule is CCOc1ccc(/C=C/C(=O)OCC(=O)NCc2ccccc2)cc1OC. The van der Waals surface area contributed by atoms with Crippen molar-refractivity contribution in [1.82, 2.24) is 5.32 Å². The van der Waals surface area contributed by atoms with Gasteiger partial charge in [0.2, 0.25) is 0 Å². The second-order valence-electron chi connectivity index (χ2n) is 5.55. The average molecular weight is 369 g/mol. The third-order valence-electron chi connectivity index (χ3n) is 3.58. The molecule has 6 heteroatoms. The average Bonchev–Trinajstić information content (AvgIpc) is 2.70. The zero-order valence-corrected chi connectivity index (χ0v) is 15.4. The Kier molecular flexibility index (Phi) is 7.91. The van der Waals surface area contributed by atoms with Crippen LogP contribution in [-0.4, -0.2) is 32.2 Å². The number of carbonyl (C=O) groups excluding carboxylic acids is 2. The molecule has 0 unspecified atom stereocenters. The first-order valence-corrected chi connectivity index (χ1v) is 8.58. The highest BCUT2D eigenvalue weighted by Crippen LogP contribution is 2.28. The summed E-state index contributed by atoms with van der Waals surface area (Å²) in [6.45, 7) is 2.48. The summed E-state index contributed by atoms with van der Waals surface area (Å²) in [5, 5.41) is 2.69. The summed E-state index contributed by atoms with van der Waals surface area (Å²) in [4.78, 5) is 23.5. The summed E-state index contributed by atoms with van der Waals surface area (Å²) >= 11 is 0. The number of hydrogen-bond acceptors (Lipinski definition) is 5. The molecule has 0 aliphatic rings. The molecule has 0 aromatic heterocycles. The second kappa shape index (κ2) is 10.7. The van der Waals surface area contributed by atoms with Gasteiger partial charge in [0, 0.05) is 12.6 Å². The number of carbonyl (C=O) groups is 2. The Balaban J connectivity index is 1.80. The van der Waals surface area contributed by atoms with Crippen molar-refractivity contribution in [2.75, 3.05) is 20.3 Å². The molecule has 0 spiro atoms. The van der Waals surface area contributed by atoms with Gasteiger partial charge < -0.3 is 19.5 Å². The summed E-state index contributed by atoms with van der Waals surface area (Å²) in [6, 6.07) is 14.8. The number of methoxy groups -OCH3 is 1. The maximum absolute atomic E-state index is 11.8. The minimum atomic E-state index is -0.599. The fourth-order valence-electron chi connectivity index (χ4n) is 2.26. The van der Waals surface area contributed by atoms with Crippen LogP contribution in [0.1, 0.15) is 18.1 Å². The molecular weight excluding hydrogens is 346 g/mol. The molecule has 0 radical (unpaired) electrons. The lowest BCUT2D eigenvalue weighted by Gasteiger charge is -2.09. The van der Waals surface area contributed by atoms with E-state index >= 15 is 0 Å². The van der Waals surface area contributed by atoms with Crippen LogP contribution in [0.3, 0.4) is 0 Å². The van der Waals surface area contributed by atoms with Gasteiger partial charge in [0.15, 0.2) is 18.1 Å². The monoisotopic (exact) mass is 369 g/mol. The lowest BCUT2D eigenvalue weighted by molar-refractivity contribution is -0.143. The Morgan fingerprint density at radius 2 is 1.85 bits per heavy atom. The van der Waals surface area contributed by atoms with Crippen LogP contribution in [0, 0.1) is 0 Å². The molecule has 0 aliphatic heterocycles. The Bertz CT molecular complexity index is 786. The summed E-state index contributed by atoms with van der Waals surface area (Å²) in [5.74, 6) is 0.253. The quantitative estimate of drug-likeness (QED) is 0.543. The molecule has 27 heavy (non-hydrogen) atoms. The summed E-state index contributed by atoms with van der Waals surface area (Å²) < 4.78 is 15.6. The van der Waals surface area contributed by atoms with Gasteiger partial charge in [-0.15, -0.1) is 0 Å². The van der Waals surface area contributed by atoms with Crippen molar-refractivity contribution in [3.63, 3.8) is 0 Å². The zero-order chi connectivity index (χ0) is 19.5. The van der Waals surface area contributed by atoms with E-state index in [0.717, 1.165) is 11.1 Å². The molecule has 2 aromatic carbocycles. The fraction of sp³-hybridized carbons (Fsp3) is 0.238. The van der Waals surface area contributed by atoms with Crippen LogP contribution in [0.2, 0.25) is 0 Å². The van der Waals surface area contributed by atoms with Crippen LogP contribution in [0.25, 0.3) is 6.08 Å². The maximum atomic E-state index is 11.8. The van der Waals surface area contributed by atoms with Gasteiger partial charge >= 0.3 is 5.97 Å². The molecule has 2 rings (SSSR count). The van der Waals surface area contributed by atoms with E-state index in [1.54, 1.807) is 31.4 Å². The molecule has 0 saturated carbocycles. The van der Waals surface area contributed by atoms with E-state index < -0.39 is 5.97 Å². The zero-order valence-electron chi connectivity index (χ0n) is 15.4. The number of rotatable bonds is 9. The van der Waals surface area contributed by atoms with Crippen LogP contribution >= 0.6 is 0 Å². The third-order valence-corrected chi connectivity index (χ3v) is 3.58. The molecule has 6 nitrogen and oxygen atoms in total. The van der Waals surface area contributed by atoms with Crippen molar-refractivity contribution in [2.24, 2.45) is 0 Å². The molecular formula is C21H23NO5. The van der Waals surface area contributed by atoms with Gasteiger partial charge in [-0.05, 0) is 36.3 Å². The second-order valence-corrected chi connectivity index (χ2v) is 5.55. The topological polar surface area (TPSA) is 73.9 Å². The Hall–Kier alpha value is -3.28. The van der Waals surface area contributed by atoms with Crippen molar-refractivity contribution >= 4 is 18.0 Å². The van der Waals surface area contributed by atoms with Crippen molar-refractivity contribution in [3.05, 3.63) is 65.7 Å². The minimum Gasteiger partial charge on any atom is -0.493 e. The number of esters is 1. The van der Waals surface area contributed by atoms with Gasteiger partial charge in [-0.3, -0.25) is 4.79 Å². The van der Waals surface area contributed by atoms with Crippen LogP contribution in [0.15, 0.2) is 54.6 Å². The van der Waals surface area contributed by atoms with E-state index in [2.05, 4.69) is 5.32 Å². The van der Waals surface area contributed by atoms with Crippen LogP contribution in [-0.2, 0) is 20.9 Å². The highest BCUT2D eigenvalue weighted by atomic mass is 16.5. The smallest absolute Gasteiger partial charge is 0.331 e. The Morgan fingerprint density at radius 1 is 1.07 bits per heavy atom. The fourth-order valence-corrected chi connectivity index (χ4v) is 2.26. The number of ether oxygens (including phenoxy) is 3. The van der Waals surface area contributed by atoms with Crippen LogP contribution < -0.4 is 14.8 Å². The highest BCUT2D eigenvalue weighted by molar-refractivity contribution is 5.89. The minimum absolute atomic E-state index is 0.331. The molecule has 0 saturated heterocycles. The van der Waals surface area contributed by atoms with Gasteiger partial charge in [0.1, 0.15) is 0 Å². The van der Waals surface area contributed by atoms with Gasteiger partial charge in [-0.1, -0.05) is 36.4 Å². The standard InChI is InChI=1S/C21H23NO5/c1-3-26-18-11-9-16(13-19(18)25-2)10-12-21(24)27-15-20(23)22-14-17-7-5-4-6-8-17/h4-13H,3,14-15H2,1-2H3,(H,22,23)/b12-10+. The van der Waals surface area contributed by atoms with Crippen LogP contribution in [0.4, 0.5) is 0 Å². The molecule has 142 valence electrons. The molecule has 0 heterocycles. The molecule has 0 aliphatic carbocycles. The number of benzene rings is 2. The number of amides is 1. The lowest BCUT2D eigenvalue weighted by atomic mass is 10.2.